The Morgan fingerprint density at radius 2 is 2.18 bits per heavy atom. The zero-order valence-electron chi connectivity index (χ0n) is 10.7. The fourth-order valence-electron chi connectivity index (χ4n) is 1.53. The van der Waals surface area contributed by atoms with E-state index >= 15 is 0 Å². The van der Waals surface area contributed by atoms with Crippen LogP contribution in [0.4, 0.5) is 5.82 Å². The summed E-state index contributed by atoms with van der Waals surface area (Å²) in [5, 5.41) is 4.18. The van der Waals surface area contributed by atoms with E-state index in [1.54, 1.807) is 18.7 Å². The van der Waals surface area contributed by atoms with Gasteiger partial charge in [-0.15, -0.1) is 0 Å². The molecule has 1 rings (SSSR count). The third kappa shape index (κ3) is 2.76. The van der Waals surface area contributed by atoms with Gasteiger partial charge in [0.1, 0.15) is 5.82 Å². The first kappa shape index (κ1) is 13.5. The van der Waals surface area contributed by atoms with Crippen molar-refractivity contribution in [2.24, 2.45) is 0 Å². The summed E-state index contributed by atoms with van der Waals surface area (Å²) in [4.78, 5) is 11.7. The Hall–Kier alpha value is -1.56. The summed E-state index contributed by atoms with van der Waals surface area (Å²) < 4.78 is 11.6. The van der Waals surface area contributed by atoms with Crippen LogP contribution < -0.4 is 5.73 Å². The molecule has 0 bridgehead atoms. The average Bonchev–Trinajstić information content (AvgIpc) is 2.58. The van der Waals surface area contributed by atoms with Crippen molar-refractivity contribution in [1.82, 2.24) is 9.78 Å². The van der Waals surface area contributed by atoms with Crippen LogP contribution in [-0.2, 0) is 16.1 Å². The molecule has 1 aromatic heterocycles. The highest BCUT2D eigenvalue weighted by molar-refractivity contribution is 5.90. The number of nitrogens with two attached hydrogens (primary N) is 1. The second-order valence-electron chi connectivity index (χ2n) is 3.90. The van der Waals surface area contributed by atoms with Gasteiger partial charge in [-0.05, 0) is 20.8 Å². The lowest BCUT2D eigenvalue weighted by molar-refractivity contribution is 0.0513. The minimum Gasteiger partial charge on any atom is -0.461 e. The SMILES string of the molecule is CCOC(=O)c1nn(C(C)C)c(N)c1COC. The van der Waals surface area contributed by atoms with Gasteiger partial charge in [-0.25, -0.2) is 9.48 Å². The van der Waals surface area contributed by atoms with E-state index in [0.29, 0.717) is 18.0 Å². The largest absolute Gasteiger partial charge is 0.461 e. The summed E-state index contributed by atoms with van der Waals surface area (Å²) in [6.07, 6.45) is 0. The minimum atomic E-state index is -0.467. The van der Waals surface area contributed by atoms with Crippen molar-refractivity contribution in [3.05, 3.63) is 11.3 Å². The highest BCUT2D eigenvalue weighted by Crippen LogP contribution is 2.22. The Morgan fingerprint density at radius 3 is 2.65 bits per heavy atom. The molecule has 0 radical (unpaired) electrons. The summed E-state index contributed by atoms with van der Waals surface area (Å²) in [5.41, 5.74) is 6.76. The topological polar surface area (TPSA) is 79.4 Å². The van der Waals surface area contributed by atoms with E-state index in [9.17, 15) is 4.79 Å². The Kier molecular flexibility index (Phi) is 4.51. The van der Waals surface area contributed by atoms with E-state index in [0.717, 1.165) is 0 Å². The predicted octanol–water partition coefficient (Wildman–Crippen LogP) is 1.37. The van der Waals surface area contributed by atoms with Crippen LogP contribution in [0.1, 0.15) is 42.9 Å². The van der Waals surface area contributed by atoms with Gasteiger partial charge in [0.05, 0.1) is 18.8 Å². The number of aromatic nitrogens is 2. The molecule has 17 heavy (non-hydrogen) atoms. The zero-order valence-corrected chi connectivity index (χ0v) is 10.7. The molecular weight excluding hydrogens is 222 g/mol. The molecule has 6 heteroatoms. The van der Waals surface area contributed by atoms with E-state index in [2.05, 4.69) is 5.10 Å². The van der Waals surface area contributed by atoms with Crippen molar-refractivity contribution < 1.29 is 14.3 Å². The fraction of sp³-hybridized carbons (Fsp3) is 0.636. The Balaban J connectivity index is 3.18. The summed E-state index contributed by atoms with van der Waals surface area (Å²) in [5.74, 6) is -0.0180. The van der Waals surface area contributed by atoms with Crippen molar-refractivity contribution in [3.63, 3.8) is 0 Å². The highest BCUT2D eigenvalue weighted by atomic mass is 16.5. The number of carbonyl (C=O) groups is 1. The van der Waals surface area contributed by atoms with E-state index in [1.165, 1.54) is 0 Å². The number of anilines is 1. The second-order valence-corrected chi connectivity index (χ2v) is 3.90. The molecule has 0 amide bonds. The molecule has 0 atom stereocenters. The maximum absolute atomic E-state index is 11.7. The summed E-state index contributed by atoms with van der Waals surface area (Å²) >= 11 is 0. The molecular formula is C11H19N3O3. The molecule has 0 aliphatic heterocycles. The van der Waals surface area contributed by atoms with Crippen LogP contribution >= 0.6 is 0 Å². The van der Waals surface area contributed by atoms with Crippen LogP contribution in [0, 0.1) is 0 Å². The Morgan fingerprint density at radius 1 is 1.53 bits per heavy atom. The van der Waals surface area contributed by atoms with Crippen molar-refractivity contribution >= 4 is 11.8 Å². The fourth-order valence-corrected chi connectivity index (χ4v) is 1.53. The molecule has 6 nitrogen and oxygen atoms in total. The lowest BCUT2D eigenvalue weighted by atomic mass is 10.2. The molecule has 0 aromatic carbocycles. The van der Waals surface area contributed by atoms with Gasteiger partial charge >= 0.3 is 5.97 Å². The molecule has 0 spiro atoms. The first-order valence-electron chi connectivity index (χ1n) is 5.55. The molecule has 0 saturated carbocycles. The number of rotatable bonds is 5. The summed E-state index contributed by atoms with van der Waals surface area (Å²) in [7, 11) is 1.54. The molecule has 0 unspecified atom stereocenters. The number of hydrogen-bond acceptors (Lipinski definition) is 5. The van der Waals surface area contributed by atoms with Crippen molar-refractivity contribution in [2.75, 3.05) is 19.5 Å². The summed E-state index contributed by atoms with van der Waals surface area (Å²) in [6, 6.07) is 0.0776. The lowest BCUT2D eigenvalue weighted by Crippen LogP contribution is -2.10. The summed E-state index contributed by atoms with van der Waals surface area (Å²) in [6.45, 7) is 6.17. The Labute approximate surface area is 101 Å². The van der Waals surface area contributed by atoms with Crippen LogP contribution in [0.2, 0.25) is 0 Å². The first-order chi connectivity index (χ1) is 8.02. The molecule has 96 valence electrons. The maximum Gasteiger partial charge on any atom is 0.359 e. The lowest BCUT2D eigenvalue weighted by Gasteiger charge is -2.07. The van der Waals surface area contributed by atoms with Gasteiger partial charge in [-0.2, -0.15) is 5.10 Å². The molecule has 0 fully saturated rings. The van der Waals surface area contributed by atoms with Crippen LogP contribution in [-0.4, -0.2) is 29.5 Å². The number of methoxy groups -OCH3 is 1. The van der Waals surface area contributed by atoms with Crippen molar-refractivity contribution in [3.8, 4) is 0 Å². The van der Waals surface area contributed by atoms with E-state index in [1.807, 2.05) is 13.8 Å². The zero-order chi connectivity index (χ0) is 13.0. The third-order valence-electron chi connectivity index (χ3n) is 2.30. The molecule has 1 heterocycles. The van der Waals surface area contributed by atoms with Gasteiger partial charge in [0.15, 0.2) is 5.69 Å². The van der Waals surface area contributed by atoms with Crippen molar-refractivity contribution in [1.29, 1.82) is 0 Å². The van der Waals surface area contributed by atoms with Crippen LogP contribution in [0.5, 0.6) is 0 Å². The van der Waals surface area contributed by atoms with E-state index < -0.39 is 5.97 Å². The Bertz CT molecular complexity index is 399. The number of ether oxygens (including phenoxy) is 2. The smallest absolute Gasteiger partial charge is 0.359 e. The standard InChI is InChI=1S/C11H19N3O3/c1-5-17-11(15)9-8(6-16-4)10(12)14(13-9)7(2)3/h7H,5-6,12H2,1-4H3. The number of nitrogens with zero attached hydrogens (tertiary/aromatic N) is 2. The molecule has 1 aromatic rings. The second kappa shape index (κ2) is 5.67. The van der Waals surface area contributed by atoms with Gasteiger partial charge in [-0.3, -0.25) is 0 Å². The normalized spacial score (nSPS) is 10.9. The number of hydrogen-bond donors (Lipinski definition) is 1. The molecule has 0 aliphatic carbocycles. The van der Waals surface area contributed by atoms with Crippen molar-refractivity contribution in [2.45, 2.75) is 33.4 Å². The number of carbonyl (C=O) groups excluding carboxylic acids is 1. The van der Waals surface area contributed by atoms with E-state index in [-0.39, 0.29) is 18.3 Å². The van der Waals surface area contributed by atoms with E-state index in [4.69, 9.17) is 15.2 Å². The average molecular weight is 241 g/mol. The molecule has 2 N–H and O–H groups in total. The van der Waals surface area contributed by atoms with Gasteiger partial charge in [-0.1, -0.05) is 0 Å². The minimum absolute atomic E-state index is 0.0776. The van der Waals surface area contributed by atoms with Gasteiger partial charge < -0.3 is 15.2 Å². The number of esters is 1. The molecule has 0 aliphatic rings. The van der Waals surface area contributed by atoms with Gasteiger partial charge in [0, 0.05) is 13.2 Å². The third-order valence-corrected chi connectivity index (χ3v) is 2.30. The predicted molar refractivity (Wildman–Crippen MR) is 63.7 cm³/mol. The number of nitrogen functional groups attached to an aromatic ring is 1. The maximum atomic E-state index is 11.7. The van der Waals surface area contributed by atoms with Crippen LogP contribution in [0.3, 0.4) is 0 Å². The van der Waals surface area contributed by atoms with Gasteiger partial charge in [0.25, 0.3) is 0 Å². The molecule has 0 saturated heterocycles. The first-order valence-corrected chi connectivity index (χ1v) is 5.55. The van der Waals surface area contributed by atoms with Gasteiger partial charge in [0.2, 0.25) is 0 Å². The monoisotopic (exact) mass is 241 g/mol. The van der Waals surface area contributed by atoms with Crippen LogP contribution in [0.25, 0.3) is 0 Å². The highest BCUT2D eigenvalue weighted by Gasteiger charge is 2.23. The quantitative estimate of drug-likeness (QED) is 0.787. The van der Waals surface area contributed by atoms with Crippen LogP contribution in [0.15, 0.2) is 0 Å².